The lowest BCUT2D eigenvalue weighted by molar-refractivity contribution is 0.103. The van der Waals surface area contributed by atoms with Crippen LogP contribution in [0.4, 0.5) is 0 Å². The summed E-state index contributed by atoms with van der Waals surface area (Å²) in [7, 11) is 0. The number of rotatable bonds is 3. The Morgan fingerprint density at radius 2 is 1.88 bits per heavy atom. The van der Waals surface area contributed by atoms with Gasteiger partial charge in [-0.2, -0.15) is 0 Å². The molecule has 0 saturated carbocycles. The van der Waals surface area contributed by atoms with E-state index in [2.05, 4.69) is 22.9 Å². The first-order valence-electron chi connectivity index (χ1n) is 5.60. The van der Waals surface area contributed by atoms with Crippen molar-refractivity contribution < 1.29 is 4.79 Å². The number of carbonyl (C=O) groups is 1. The highest BCUT2D eigenvalue weighted by atomic mass is 79.9. The number of halogens is 1. The van der Waals surface area contributed by atoms with Crippen LogP contribution in [0.2, 0.25) is 0 Å². The van der Waals surface area contributed by atoms with Gasteiger partial charge in [0.1, 0.15) is 0 Å². The molecule has 2 heteroatoms. The number of benzene rings is 2. The van der Waals surface area contributed by atoms with E-state index in [-0.39, 0.29) is 5.78 Å². The minimum atomic E-state index is 0.0868. The molecule has 0 unspecified atom stereocenters. The van der Waals surface area contributed by atoms with Crippen LogP contribution in [0, 0.1) is 0 Å². The summed E-state index contributed by atoms with van der Waals surface area (Å²) in [4.78, 5) is 12.4. The van der Waals surface area contributed by atoms with Gasteiger partial charge in [0.15, 0.2) is 5.78 Å². The molecule has 0 aromatic heterocycles. The van der Waals surface area contributed by atoms with Gasteiger partial charge < -0.3 is 0 Å². The van der Waals surface area contributed by atoms with Crippen LogP contribution < -0.4 is 0 Å². The summed E-state index contributed by atoms with van der Waals surface area (Å²) in [6, 6.07) is 15.3. The Balaban J connectivity index is 2.44. The lowest BCUT2D eigenvalue weighted by Gasteiger charge is -2.06. The Kier molecular flexibility index (Phi) is 3.75. The SMILES string of the molecule is CCc1ccccc1C(=O)c1cccc(Br)c1. The van der Waals surface area contributed by atoms with Crippen LogP contribution in [-0.2, 0) is 6.42 Å². The zero-order valence-corrected chi connectivity index (χ0v) is 11.2. The fraction of sp³-hybridized carbons (Fsp3) is 0.133. The predicted octanol–water partition coefficient (Wildman–Crippen LogP) is 4.24. The van der Waals surface area contributed by atoms with Gasteiger partial charge in [-0.3, -0.25) is 4.79 Å². The first-order chi connectivity index (χ1) is 8.22. The largest absolute Gasteiger partial charge is 0.289 e. The molecule has 1 nitrogen and oxygen atoms in total. The van der Waals surface area contributed by atoms with Gasteiger partial charge in [-0.15, -0.1) is 0 Å². The van der Waals surface area contributed by atoms with Gasteiger partial charge in [0.25, 0.3) is 0 Å². The van der Waals surface area contributed by atoms with Crippen molar-refractivity contribution in [2.45, 2.75) is 13.3 Å². The Morgan fingerprint density at radius 3 is 2.59 bits per heavy atom. The molecule has 2 rings (SSSR count). The molecule has 2 aromatic rings. The molecule has 0 heterocycles. The van der Waals surface area contributed by atoms with Gasteiger partial charge in [0.05, 0.1) is 0 Å². The minimum Gasteiger partial charge on any atom is -0.289 e. The number of hydrogen-bond donors (Lipinski definition) is 0. The van der Waals surface area contributed by atoms with Crippen LogP contribution in [0.25, 0.3) is 0 Å². The molecule has 0 aliphatic heterocycles. The standard InChI is InChI=1S/C15H13BrO/c1-2-11-6-3-4-9-14(11)15(17)12-7-5-8-13(16)10-12/h3-10H,2H2,1H3. The smallest absolute Gasteiger partial charge is 0.193 e. The highest BCUT2D eigenvalue weighted by Crippen LogP contribution is 2.18. The van der Waals surface area contributed by atoms with E-state index in [9.17, 15) is 4.79 Å². The van der Waals surface area contributed by atoms with Crippen LogP contribution in [0.1, 0.15) is 28.4 Å². The van der Waals surface area contributed by atoms with Crippen LogP contribution >= 0.6 is 15.9 Å². The Bertz CT molecular complexity index is 546. The molecule has 0 atom stereocenters. The third-order valence-corrected chi connectivity index (χ3v) is 3.22. The molecule has 0 fully saturated rings. The van der Waals surface area contributed by atoms with Gasteiger partial charge in [0, 0.05) is 15.6 Å². The van der Waals surface area contributed by atoms with Crippen molar-refractivity contribution in [1.82, 2.24) is 0 Å². The zero-order chi connectivity index (χ0) is 12.3. The van der Waals surface area contributed by atoms with E-state index in [1.54, 1.807) is 0 Å². The number of ketones is 1. The molecule has 17 heavy (non-hydrogen) atoms. The molecular weight excluding hydrogens is 276 g/mol. The highest BCUT2D eigenvalue weighted by Gasteiger charge is 2.12. The van der Waals surface area contributed by atoms with Gasteiger partial charge in [-0.05, 0) is 24.1 Å². The van der Waals surface area contributed by atoms with E-state index in [0.717, 1.165) is 27.6 Å². The van der Waals surface area contributed by atoms with Crippen molar-refractivity contribution in [3.05, 3.63) is 69.7 Å². The summed E-state index contributed by atoms with van der Waals surface area (Å²) >= 11 is 3.39. The normalized spacial score (nSPS) is 10.2. The Morgan fingerprint density at radius 1 is 1.12 bits per heavy atom. The fourth-order valence-electron chi connectivity index (χ4n) is 1.84. The third kappa shape index (κ3) is 2.64. The minimum absolute atomic E-state index is 0.0868. The zero-order valence-electron chi connectivity index (χ0n) is 9.61. The van der Waals surface area contributed by atoms with Crippen molar-refractivity contribution >= 4 is 21.7 Å². The van der Waals surface area contributed by atoms with Crippen molar-refractivity contribution in [3.8, 4) is 0 Å². The molecule has 0 saturated heterocycles. The number of hydrogen-bond acceptors (Lipinski definition) is 1. The molecule has 0 aliphatic rings. The molecule has 86 valence electrons. The summed E-state index contributed by atoms with van der Waals surface area (Å²) in [5.41, 5.74) is 2.62. The number of carbonyl (C=O) groups excluding carboxylic acids is 1. The quantitative estimate of drug-likeness (QED) is 0.772. The van der Waals surface area contributed by atoms with Crippen LogP contribution in [0.3, 0.4) is 0 Å². The second kappa shape index (κ2) is 5.28. The highest BCUT2D eigenvalue weighted by molar-refractivity contribution is 9.10. The monoisotopic (exact) mass is 288 g/mol. The fourth-order valence-corrected chi connectivity index (χ4v) is 2.23. The maximum Gasteiger partial charge on any atom is 0.193 e. The summed E-state index contributed by atoms with van der Waals surface area (Å²) in [5, 5.41) is 0. The van der Waals surface area contributed by atoms with E-state index in [4.69, 9.17) is 0 Å². The van der Waals surface area contributed by atoms with Crippen molar-refractivity contribution in [3.63, 3.8) is 0 Å². The van der Waals surface area contributed by atoms with Crippen molar-refractivity contribution in [2.24, 2.45) is 0 Å². The molecule has 0 amide bonds. The summed E-state index contributed by atoms with van der Waals surface area (Å²) in [6.45, 7) is 2.06. The number of aryl methyl sites for hydroxylation is 1. The first kappa shape index (κ1) is 12.1. The second-order valence-corrected chi connectivity index (χ2v) is 4.77. The maximum absolute atomic E-state index is 12.4. The predicted molar refractivity (Wildman–Crippen MR) is 73.4 cm³/mol. The van der Waals surface area contributed by atoms with E-state index < -0.39 is 0 Å². The third-order valence-electron chi connectivity index (χ3n) is 2.73. The molecular formula is C15H13BrO. The molecule has 2 aromatic carbocycles. The van der Waals surface area contributed by atoms with Crippen LogP contribution in [-0.4, -0.2) is 5.78 Å². The van der Waals surface area contributed by atoms with Gasteiger partial charge in [-0.1, -0.05) is 59.3 Å². The average Bonchev–Trinajstić information content (AvgIpc) is 2.38. The van der Waals surface area contributed by atoms with E-state index in [1.807, 2.05) is 48.5 Å². The average molecular weight is 289 g/mol. The lowest BCUT2D eigenvalue weighted by atomic mass is 9.97. The molecule has 0 N–H and O–H groups in total. The lowest BCUT2D eigenvalue weighted by Crippen LogP contribution is -2.04. The van der Waals surface area contributed by atoms with Crippen LogP contribution in [0.5, 0.6) is 0 Å². The summed E-state index contributed by atoms with van der Waals surface area (Å²) in [6.07, 6.45) is 0.871. The molecule has 0 aliphatic carbocycles. The summed E-state index contributed by atoms with van der Waals surface area (Å²) < 4.78 is 0.928. The Labute approximate surface area is 110 Å². The summed E-state index contributed by atoms with van der Waals surface area (Å²) in [5.74, 6) is 0.0868. The van der Waals surface area contributed by atoms with Crippen molar-refractivity contribution in [2.75, 3.05) is 0 Å². The van der Waals surface area contributed by atoms with Gasteiger partial charge in [0.2, 0.25) is 0 Å². The molecule has 0 bridgehead atoms. The maximum atomic E-state index is 12.4. The topological polar surface area (TPSA) is 17.1 Å². The molecule has 0 radical (unpaired) electrons. The molecule has 0 spiro atoms. The van der Waals surface area contributed by atoms with Crippen molar-refractivity contribution in [1.29, 1.82) is 0 Å². The van der Waals surface area contributed by atoms with E-state index >= 15 is 0 Å². The van der Waals surface area contributed by atoms with Gasteiger partial charge in [-0.25, -0.2) is 0 Å². The van der Waals surface area contributed by atoms with E-state index in [0.29, 0.717) is 0 Å². The second-order valence-electron chi connectivity index (χ2n) is 3.85. The first-order valence-corrected chi connectivity index (χ1v) is 6.40. The van der Waals surface area contributed by atoms with Crippen LogP contribution in [0.15, 0.2) is 53.0 Å². The van der Waals surface area contributed by atoms with E-state index in [1.165, 1.54) is 0 Å². The Hall–Kier alpha value is -1.41. The van der Waals surface area contributed by atoms with Gasteiger partial charge >= 0.3 is 0 Å².